The molecule has 1 aliphatic heterocycles. The number of rotatable bonds is 4. The summed E-state index contributed by atoms with van der Waals surface area (Å²) < 4.78 is 0. The van der Waals surface area contributed by atoms with E-state index in [1.165, 1.54) is 18.2 Å². The van der Waals surface area contributed by atoms with Gasteiger partial charge in [-0.3, -0.25) is 14.6 Å². The first-order valence-corrected chi connectivity index (χ1v) is 9.62. The van der Waals surface area contributed by atoms with Gasteiger partial charge in [0.15, 0.2) is 5.17 Å². The maximum Gasteiger partial charge on any atom is 0.240 e. The number of amides is 2. The van der Waals surface area contributed by atoms with Crippen molar-refractivity contribution >= 4 is 46.0 Å². The van der Waals surface area contributed by atoms with Crippen LogP contribution in [0.15, 0.2) is 41.4 Å². The monoisotopic (exact) mass is 375 g/mol. The molecule has 5 nitrogen and oxygen atoms in total. The molecule has 1 saturated carbocycles. The second-order valence-corrected chi connectivity index (χ2v) is 8.21. The third-order valence-electron chi connectivity index (χ3n) is 4.82. The molecule has 0 radical (unpaired) electrons. The molecule has 1 aromatic carbocycles. The Morgan fingerprint density at radius 3 is 2.88 bits per heavy atom. The lowest BCUT2D eigenvalue weighted by atomic mass is 10.0. The van der Waals surface area contributed by atoms with Crippen molar-refractivity contribution in [3.8, 4) is 0 Å². The summed E-state index contributed by atoms with van der Waals surface area (Å²) in [5.41, 5.74) is 0.556. The van der Waals surface area contributed by atoms with Gasteiger partial charge in [0.25, 0.3) is 0 Å². The van der Waals surface area contributed by atoms with E-state index < -0.39 is 5.25 Å². The Morgan fingerprint density at radius 2 is 2.16 bits per heavy atom. The number of anilines is 1. The van der Waals surface area contributed by atoms with Gasteiger partial charge in [0, 0.05) is 6.42 Å². The third-order valence-corrected chi connectivity index (χ3v) is 6.25. The Morgan fingerprint density at radius 1 is 1.32 bits per heavy atom. The van der Waals surface area contributed by atoms with Crippen molar-refractivity contribution < 1.29 is 9.59 Å². The van der Waals surface area contributed by atoms with Gasteiger partial charge in [0.1, 0.15) is 5.25 Å². The van der Waals surface area contributed by atoms with E-state index in [-0.39, 0.29) is 24.3 Å². The number of thioether (sulfide) groups is 1. The van der Waals surface area contributed by atoms with E-state index >= 15 is 0 Å². The van der Waals surface area contributed by atoms with Crippen LogP contribution in [-0.2, 0) is 9.59 Å². The Bertz CT molecular complexity index is 779. The van der Waals surface area contributed by atoms with E-state index in [4.69, 9.17) is 16.6 Å². The highest BCUT2D eigenvalue weighted by atomic mass is 35.5. The molecule has 0 spiro atoms. The summed E-state index contributed by atoms with van der Waals surface area (Å²) >= 11 is 7.39. The van der Waals surface area contributed by atoms with Crippen LogP contribution in [0.25, 0.3) is 0 Å². The fourth-order valence-corrected chi connectivity index (χ4v) is 4.79. The van der Waals surface area contributed by atoms with Gasteiger partial charge in [-0.05, 0) is 36.8 Å². The fraction of sp³-hybridized carbons (Fsp3) is 0.389. The average Bonchev–Trinajstić information content (AvgIpc) is 3.27. The quantitative estimate of drug-likeness (QED) is 0.794. The molecule has 0 aromatic heterocycles. The van der Waals surface area contributed by atoms with Crippen molar-refractivity contribution in [3.63, 3.8) is 0 Å². The maximum absolute atomic E-state index is 12.2. The number of fused-ring (bicyclic) bond motifs is 2. The number of nitrogens with zero attached hydrogens (tertiary/aromatic N) is 1. The molecule has 4 rings (SSSR count). The van der Waals surface area contributed by atoms with Crippen molar-refractivity contribution in [1.82, 2.24) is 5.32 Å². The number of amidine groups is 1. The number of para-hydroxylation sites is 1. The molecule has 2 aliphatic carbocycles. The highest BCUT2D eigenvalue weighted by molar-refractivity contribution is 8.15. The van der Waals surface area contributed by atoms with Crippen LogP contribution in [0, 0.1) is 11.8 Å². The molecule has 1 saturated heterocycles. The molecule has 2 fully saturated rings. The molecular weight excluding hydrogens is 358 g/mol. The summed E-state index contributed by atoms with van der Waals surface area (Å²) in [5, 5.41) is 6.24. The summed E-state index contributed by atoms with van der Waals surface area (Å²) in [6, 6.07) is 7.30. The van der Waals surface area contributed by atoms with Crippen molar-refractivity contribution in [2.45, 2.75) is 30.6 Å². The number of carbonyl (C=O) groups is 2. The minimum atomic E-state index is -0.449. The first kappa shape index (κ1) is 16.7. The first-order chi connectivity index (χ1) is 12.1. The van der Waals surface area contributed by atoms with Gasteiger partial charge < -0.3 is 10.6 Å². The number of nitrogens with one attached hydrogen (secondary N) is 2. The van der Waals surface area contributed by atoms with Crippen LogP contribution < -0.4 is 10.6 Å². The van der Waals surface area contributed by atoms with Gasteiger partial charge in [-0.15, -0.1) is 0 Å². The van der Waals surface area contributed by atoms with E-state index in [2.05, 4.69) is 22.8 Å². The molecule has 7 heteroatoms. The van der Waals surface area contributed by atoms with Crippen LogP contribution in [0.5, 0.6) is 0 Å². The van der Waals surface area contributed by atoms with Crippen molar-refractivity contribution in [2.75, 3.05) is 5.32 Å². The van der Waals surface area contributed by atoms with Crippen LogP contribution in [-0.4, -0.2) is 28.3 Å². The lowest BCUT2D eigenvalue weighted by Crippen LogP contribution is -2.28. The minimum Gasteiger partial charge on any atom is -0.325 e. The van der Waals surface area contributed by atoms with Crippen molar-refractivity contribution in [2.24, 2.45) is 16.8 Å². The minimum absolute atomic E-state index is 0.0946. The van der Waals surface area contributed by atoms with Crippen LogP contribution >= 0.6 is 23.4 Å². The molecule has 0 unspecified atom stereocenters. The number of benzene rings is 1. The molecule has 25 heavy (non-hydrogen) atoms. The number of allylic oxidation sites excluding steroid dienone is 1. The summed E-state index contributed by atoms with van der Waals surface area (Å²) in [4.78, 5) is 29.1. The van der Waals surface area contributed by atoms with E-state index in [0.717, 1.165) is 6.42 Å². The standard InChI is InChI=1S/C18H18ClN3O2S/c19-12-3-1-2-4-13(12)20-16(23)9-15-17(24)22-18(25-15)21-14-8-10-5-6-11(14)7-10/h1-6,10-11,14-15H,7-9H2,(H,20,23)(H,21,22,24)/t10-,11-,14-,15-/m1/s1. The predicted molar refractivity (Wildman–Crippen MR) is 101 cm³/mol. The second kappa shape index (κ2) is 6.84. The van der Waals surface area contributed by atoms with Crippen LogP contribution in [0.3, 0.4) is 0 Å². The number of carbonyl (C=O) groups excluding carboxylic acids is 2. The molecule has 4 atom stereocenters. The molecule has 2 N–H and O–H groups in total. The summed E-state index contributed by atoms with van der Waals surface area (Å²) in [6.07, 6.45) is 6.82. The Kier molecular flexibility index (Phi) is 4.56. The maximum atomic E-state index is 12.2. The normalized spacial score (nSPS) is 31.6. The van der Waals surface area contributed by atoms with Gasteiger partial charge in [-0.2, -0.15) is 0 Å². The molecule has 1 aromatic rings. The zero-order chi connectivity index (χ0) is 17.4. The Labute approximate surface area is 155 Å². The molecule has 2 amide bonds. The second-order valence-electron chi connectivity index (χ2n) is 6.61. The average molecular weight is 376 g/mol. The van der Waals surface area contributed by atoms with Crippen LogP contribution in [0.2, 0.25) is 5.02 Å². The number of hydrogen-bond donors (Lipinski definition) is 2. The highest BCUT2D eigenvalue weighted by Crippen LogP contribution is 2.41. The van der Waals surface area contributed by atoms with Gasteiger partial charge in [-0.1, -0.05) is 47.6 Å². The SMILES string of the molecule is O=C(C[C@H]1SC(=N[C@@H]2C[C@@H]3C=C[C@@H]2C3)NC1=O)Nc1ccccc1Cl. The van der Waals surface area contributed by atoms with Crippen LogP contribution in [0.4, 0.5) is 5.69 Å². The zero-order valence-electron chi connectivity index (χ0n) is 13.4. The topological polar surface area (TPSA) is 70.6 Å². The molecule has 2 bridgehead atoms. The lowest BCUT2D eigenvalue weighted by molar-refractivity contribution is -0.122. The van der Waals surface area contributed by atoms with Crippen LogP contribution in [0.1, 0.15) is 19.3 Å². The smallest absolute Gasteiger partial charge is 0.240 e. The predicted octanol–water partition coefficient (Wildman–Crippen LogP) is 3.22. The van der Waals surface area contributed by atoms with Gasteiger partial charge >= 0.3 is 0 Å². The zero-order valence-corrected chi connectivity index (χ0v) is 15.0. The van der Waals surface area contributed by atoms with E-state index in [1.807, 2.05) is 0 Å². The number of halogens is 1. The molecule has 3 aliphatic rings. The van der Waals surface area contributed by atoms with Gasteiger partial charge in [-0.25, -0.2) is 0 Å². The lowest BCUT2D eigenvalue weighted by Gasteiger charge is -2.13. The summed E-state index contributed by atoms with van der Waals surface area (Å²) in [7, 11) is 0. The summed E-state index contributed by atoms with van der Waals surface area (Å²) in [5.74, 6) is 0.748. The van der Waals surface area contributed by atoms with E-state index in [1.54, 1.807) is 24.3 Å². The largest absolute Gasteiger partial charge is 0.325 e. The Hall–Kier alpha value is -1.79. The van der Waals surface area contributed by atoms with Crippen molar-refractivity contribution in [3.05, 3.63) is 41.4 Å². The first-order valence-electron chi connectivity index (χ1n) is 8.36. The highest BCUT2D eigenvalue weighted by Gasteiger charge is 2.38. The fourth-order valence-electron chi connectivity index (χ4n) is 3.58. The van der Waals surface area contributed by atoms with Gasteiger partial charge in [0.05, 0.1) is 16.8 Å². The molecule has 1 heterocycles. The van der Waals surface area contributed by atoms with Crippen molar-refractivity contribution in [1.29, 1.82) is 0 Å². The van der Waals surface area contributed by atoms with E-state index in [9.17, 15) is 9.59 Å². The van der Waals surface area contributed by atoms with E-state index in [0.29, 0.717) is 27.7 Å². The molecule has 130 valence electrons. The Balaban J connectivity index is 1.35. The third kappa shape index (κ3) is 3.60. The molecular formula is C18H18ClN3O2S. The number of hydrogen-bond acceptors (Lipinski definition) is 4. The number of aliphatic imine (C=N–C) groups is 1. The summed E-state index contributed by atoms with van der Waals surface area (Å²) in [6.45, 7) is 0. The van der Waals surface area contributed by atoms with Gasteiger partial charge in [0.2, 0.25) is 11.8 Å².